The van der Waals surface area contributed by atoms with Gasteiger partial charge in [-0.3, -0.25) is 4.79 Å². The van der Waals surface area contributed by atoms with Gasteiger partial charge < -0.3 is 25.4 Å². The number of likely N-dealkylation sites (tertiary alicyclic amines) is 1. The zero-order valence-electron chi connectivity index (χ0n) is 26.1. The zero-order valence-corrected chi connectivity index (χ0v) is 26.9. The molecule has 1 aliphatic rings. The molecule has 2 atom stereocenters. The Morgan fingerprint density at radius 1 is 0.978 bits per heavy atom. The smallest absolute Gasteiger partial charge is 0.318 e. The number of nitrogens with one attached hydrogen (secondary N) is 3. The van der Waals surface area contributed by atoms with Crippen LogP contribution >= 0.6 is 11.3 Å². The van der Waals surface area contributed by atoms with Gasteiger partial charge in [0.15, 0.2) is 0 Å². The molecule has 2 aromatic heterocycles. The number of carbonyl (C=O) groups is 2. The Kier molecular flexibility index (Phi) is 9.33. The highest BCUT2D eigenvalue weighted by molar-refractivity contribution is 7.13. The first-order valence-corrected chi connectivity index (χ1v) is 16.5. The molecule has 45 heavy (non-hydrogen) atoms. The Hall–Kier alpha value is -4.40. The van der Waals surface area contributed by atoms with E-state index in [-0.39, 0.29) is 17.9 Å². The lowest BCUT2D eigenvalue weighted by Crippen LogP contribution is -2.53. The molecule has 1 aliphatic heterocycles. The third-order valence-corrected chi connectivity index (χ3v) is 9.76. The van der Waals surface area contributed by atoms with Gasteiger partial charge in [0.2, 0.25) is 5.91 Å². The van der Waals surface area contributed by atoms with E-state index in [0.717, 1.165) is 57.5 Å². The summed E-state index contributed by atoms with van der Waals surface area (Å²) in [6.45, 7) is 4.06. The lowest BCUT2D eigenvalue weighted by Gasteiger charge is -2.34. The second kappa shape index (κ2) is 13.7. The maximum Gasteiger partial charge on any atom is 0.318 e. The summed E-state index contributed by atoms with van der Waals surface area (Å²) in [6.07, 6.45) is 3.76. The average molecular weight is 620 g/mol. The van der Waals surface area contributed by atoms with Crippen LogP contribution in [0.4, 0.5) is 10.5 Å². The highest BCUT2D eigenvalue weighted by Crippen LogP contribution is 2.34. The lowest BCUT2D eigenvalue weighted by molar-refractivity contribution is -0.118. The number of amides is 3. The van der Waals surface area contributed by atoms with Crippen molar-refractivity contribution in [3.05, 3.63) is 113 Å². The van der Waals surface area contributed by atoms with E-state index in [1.807, 2.05) is 67.8 Å². The number of para-hydroxylation sites is 1. The Labute approximate surface area is 269 Å². The number of hydrogen-bond acceptors (Lipinski definition) is 4. The van der Waals surface area contributed by atoms with Gasteiger partial charge in [0.25, 0.3) is 0 Å². The molecule has 3 amide bonds. The monoisotopic (exact) mass is 619 g/mol. The Morgan fingerprint density at radius 3 is 2.47 bits per heavy atom. The van der Waals surface area contributed by atoms with Gasteiger partial charge in [-0.1, -0.05) is 73.7 Å². The van der Waals surface area contributed by atoms with Crippen LogP contribution in [0, 0.1) is 0 Å². The fourth-order valence-corrected chi connectivity index (χ4v) is 7.21. The first-order chi connectivity index (χ1) is 21.9. The molecule has 0 unspecified atom stereocenters. The molecule has 3 aromatic carbocycles. The molecule has 1 saturated heterocycles. The second-order valence-electron chi connectivity index (χ2n) is 12.3. The van der Waals surface area contributed by atoms with E-state index in [9.17, 15) is 9.59 Å². The van der Waals surface area contributed by atoms with Gasteiger partial charge in [0.05, 0.1) is 0 Å². The summed E-state index contributed by atoms with van der Waals surface area (Å²) in [5.74, 6) is -0.0909. The molecular weight excluding hydrogens is 579 g/mol. The molecule has 0 saturated carbocycles. The van der Waals surface area contributed by atoms with Gasteiger partial charge in [0, 0.05) is 58.8 Å². The van der Waals surface area contributed by atoms with Crippen molar-refractivity contribution in [3.8, 4) is 10.4 Å². The summed E-state index contributed by atoms with van der Waals surface area (Å²) < 4.78 is 0. The van der Waals surface area contributed by atoms with Crippen molar-refractivity contribution in [3.63, 3.8) is 0 Å². The number of carbonyl (C=O) groups excluding carboxylic acids is 2. The van der Waals surface area contributed by atoms with Crippen LogP contribution in [0.2, 0.25) is 0 Å². The van der Waals surface area contributed by atoms with Crippen LogP contribution in [0.1, 0.15) is 48.3 Å². The molecule has 3 heterocycles. The third kappa shape index (κ3) is 6.97. The molecule has 0 aliphatic carbocycles. The molecule has 7 nitrogen and oxygen atoms in total. The van der Waals surface area contributed by atoms with Crippen LogP contribution in [-0.2, 0) is 11.3 Å². The maximum absolute atomic E-state index is 14.3. The molecule has 0 radical (unpaired) electrons. The van der Waals surface area contributed by atoms with Crippen molar-refractivity contribution in [1.29, 1.82) is 0 Å². The predicted molar refractivity (Wildman–Crippen MR) is 185 cm³/mol. The van der Waals surface area contributed by atoms with Crippen LogP contribution in [0.3, 0.4) is 0 Å². The standard InChI is InChI=1S/C37H41N5O2S/c1-25(31-23-38-32-13-8-7-12-29(31)32)35(40-37(44)42-19-17-28(18-20-42)27-10-5-4-6-11-27)36(43)39-33-22-26(24-41(2)3)15-16-30(33)34-14-9-21-45-34/h4-16,21-23,25,28,35,38H,17-20,24H2,1-3H3,(H,39,43)(H,40,44)/t25-,35-/m1/s1. The van der Waals surface area contributed by atoms with Crippen LogP contribution in [0.25, 0.3) is 21.3 Å². The number of piperidine rings is 1. The van der Waals surface area contributed by atoms with Gasteiger partial charge >= 0.3 is 6.03 Å². The lowest BCUT2D eigenvalue weighted by atomic mass is 9.89. The number of benzene rings is 3. The topological polar surface area (TPSA) is 80.5 Å². The molecule has 6 rings (SSSR count). The van der Waals surface area contributed by atoms with Crippen molar-refractivity contribution in [2.45, 2.75) is 44.2 Å². The fourth-order valence-electron chi connectivity index (χ4n) is 6.45. The number of rotatable bonds is 9. The summed E-state index contributed by atoms with van der Waals surface area (Å²) in [5, 5.41) is 9.51. The van der Waals surface area contributed by atoms with E-state index in [1.54, 1.807) is 11.3 Å². The maximum atomic E-state index is 14.3. The van der Waals surface area contributed by atoms with Gasteiger partial charge in [0.1, 0.15) is 6.04 Å². The number of nitrogens with zero attached hydrogens (tertiary/aromatic N) is 2. The zero-order chi connectivity index (χ0) is 31.3. The number of fused-ring (bicyclic) bond motifs is 1. The number of thiophene rings is 1. The van der Waals surface area contributed by atoms with E-state index in [1.165, 1.54) is 5.56 Å². The SMILES string of the molecule is C[C@H](c1c[nH]c2ccccc12)[C@@H](NC(=O)N1CCC(c2ccccc2)CC1)C(=O)Nc1cc(CN(C)C)ccc1-c1cccs1. The normalized spacial score (nSPS) is 15.2. The molecule has 8 heteroatoms. The minimum Gasteiger partial charge on any atom is -0.361 e. The van der Waals surface area contributed by atoms with E-state index >= 15 is 0 Å². The minimum atomic E-state index is -0.794. The van der Waals surface area contributed by atoms with Gasteiger partial charge in [-0.15, -0.1) is 11.3 Å². The van der Waals surface area contributed by atoms with Gasteiger partial charge in [-0.05, 0) is 73.1 Å². The summed E-state index contributed by atoms with van der Waals surface area (Å²) in [7, 11) is 4.06. The average Bonchev–Trinajstić information content (AvgIpc) is 3.74. The Bertz CT molecular complexity index is 1740. The van der Waals surface area contributed by atoms with Crippen LogP contribution < -0.4 is 10.6 Å². The van der Waals surface area contributed by atoms with Crippen LogP contribution in [-0.4, -0.2) is 59.9 Å². The minimum absolute atomic E-state index is 0.201. The molecule has 3 N–H and O–H groups in total. The highest BCUT2D eigenvalue weighted by atomic mass is 32.1. The Balaban J connectivity index is 1.27. The molecule has 5 aromatic rings. The van der Waals surface area contributed by atoms with E-state index in [4.69, 9.17) is 0 Å². The second-order valence-corrected chi connectivity index (χ2v) is 13.2. The summed E-state index contributed by atoms with van der Waals surface area (Å²) in [5.41, 5.74) is 6.13. The van der Waals surface area contributed by atoms with Crippen molar-refractivity contribution < 1.29 is 9.59 Å². The van der Waals surface area contributed by atoms with Crippen LogP contribution in [0.15, 0.2) is 96.5 Å². The first-order valence-electron chi connectivity index (χ1n) is 15.7. The van der Waals surface area contributed by atoms with Crippen LogP contribution in [0.5, 0.6) is 0 Å². The number of hydrogen-bond donors (Lipinski definition) is 3. The molecular formula is C37H41N5O2S. The number of aromatic amines is 1. The quantitative estimate of drug-likeness (QED) is 0.159. The van der Waals surface area contributed by atoms with Crippen molar-refractivity contribution >= 4 is 39.9 Å². The third-order valence-electron chi connectivity index (χ3n) is 8.85. The van der Waals surface area contributed by atoms with Gasteiger partial charge in [-0.2, -0.15) is 0 Å². The van der Waals surface area contributed by atoms with E-state index in [0.29, 0.717) is 19.0 Å². The van der Waals surface area contributed by atoms with Crippen molar-refractivity contribution in [2.24, 2.45) is 0 Å². The Morgan fingerprint density at radius 2 is 1.73 bits per heavy atom. The summed E-state index contributed by atoms with van der Waals surface area (Å²) in [6, 6.07) is 27.9. The predicted octanol–water partition coefficient (Wildman–Crippen LogP) is 7.66. The van der Waals surface area contributed by atoms with Crippen molar-refractivity contribution in [1.82, 2.24) is 20.1 Å². The molecule has 0 bridgehead atoms. The summed E-state index contributed by atoms with van der Waals surface area (Å²) in [4.78, 5) is 36.5. The molecule has 232 valence electrons. The number of urea groups is 1. The summed E-state index contributed by atoms with van der Waals surface area (Å²) >= 11 is 1.64. The largest absolute Gasteiger partial charge is 0.361 e. The van der Waals surface area contributed by atoms with E-state index < -0.39 is 6.04 Å². The van der Waals surface area contributed by atoms with E-state index in [2.05, 4.69) is 75.1 Å². The first kappa shape index (κ1) is 30.6. The molecule has 0 spiro atoms. The fraction of sp³-hybridized carbons (Fsp3) is 0.297. The number of aromatic nitrogens is 1. The van der Waals surface area contributed by atoms with Gasteiger partial charge in [-0.25, -0.2) is 4.79 Å². The number of H-pyrrole nitrogens is 1. The number of anilines is 1. The molecule has 1 fully saturated rings. The van der Waals surface area contributed by atoms with Crippen molar-refractivity contribution in [2.75, 3.05) is 32.5 Å². The highest BCUT2D eigenvalue weighted by Gasteiger charge is 2.33.